The van der Waals surface area contributed by atoms with E-state index in [-0.39, 0.29) is 5.91 Å². The molecule has 0 bridgehead atoms. The van der Waals surface area contributed by atoms with Crippen LogP contribution in [0, 0.1) is 6.92 Å². The Balaban J connectivity index is 1.80. The van der Waals surface area contributed by atoms with Crippen molar-refractivity contribution in [2.45, 2.75) is 13.3 Å². The number of hydrogen-bond donors (Lipinski definition) is 0. The Morgan fingerprint density at radius 2 is 2.09 bits per heavy atom. The van der Waals surface area contributed by atoms with Gasteiger partial charge in [0.15, 0.2) is 5.76 Å². The van der Waals surface area contributed by atoms with Gasteiger partial charge >= 0.3 is 0 Å². The van der Waals surface area contributed by atoms with Crippen LogP contribution in [-0.2, 0) is 0 Å². The minimum atomic E-state index is 0.00848. The molecule has 1 saturated heterocycles. The molecule has 116 valence electrons. The summed E-state index contributed by atoms with van der Waals surface area (Å²) in [5, 5.41) is 1.02. The first-order valence-corrected chi connectivity index (χ1v) is 7.81. The lowest BCUT2D eigenvalue weighted by molar-refractivity contribution is 0.0731. The molecule has 0 N–H and O–H groups in total. The predicted molar refractivity (Wildman–Crippen MR) is 88.1 cm³/mol. The first-order chi connectivity index (χ1) is 10.7. The standard InChI is InChI=1S/C18H22N2O2/c1-3-9-19-10-6-11-20(13-12-19)18(21)17-14(2)15-7-4-5-8-16(15)22-17/h3-5,7-8H,1,6,9-13H2,2H3. The van der Waals surface area contributed by atoms with Crippen LogP contribution in [0.1, 0.15) is 22.5 Å². The van der Waals surface area contributed by atoms with Crippen LogP contribution in [0.25, 0.3) is 11.0 Å². The molecule has 1 aromatic heterocycles. The average Bonchev–Trinajstić information content (AvgIpc) is 2.71. The monoisotopic (exact) mass is 298 g/mol. The average molecular weight is 298 g/mol. The van der Waals surface area contributed by atoms with Crippen LogP contribution >= 0.6 is 0 Å². The van der Waals surface area contributed by atoms with Crippen molar-refractivity contribution in [2.24, 2.45) is 0 Å². The van der Waals surface area contributed by atoms with Gasteiger partial charge in [0.1, 0.15) is 5.58 Å². The summed E-state index contributed by atoms with van der Waals surface area (Å²) in [6.07, 6.45) is 2.90. The first-order valence-electron chi connectivity index (χ1n) is 7.81. The van der Waals surface area contributed by atoms with Crippen molar-refractivity contribution in [3.05, 3.63) is 48.2 Å². The number of fused-ring (bicyclic) bond motifs is 1. The Hall–Kier alpha value is -2.07. The van der Waals surface area contributed by atoms with Gasteiger partial charge in [0.05, 0.1) is 0 Å². The largest absolute Gasteiger partial charge is 0.451 e. The van der Waals surface area contributed by atoms with Crippen LogP contribution in [0.4, 0.5) is 0 Å². The lowest BCUT2D eigenvalue weighted by atomic mass is 10.1. The van der Waals surface area contributed by atoms with Crippen molar-refractivity contribution >= 4 is 16.9 Å². The molecule has 1 aliphatic rings. The summed E-state index contributed by atoms with van der Waals surface area (Å²) in [7, 11) is 0. The molecule has 0 spiro atoms. The molecule has 0 saturated carbocycles. The van der Waals surface area contributed by atoms with Gasteiger partial charge in [-0.25, -0.2) is 0 Å². The second kappa shape index (κ2) is 6.36. The van der Waals surface area contributed by atoms with Gasteiger partial charge in [-0.05, 0) is 19.4 Å². The lowest BCUT2D eigenvalue weighted by Gasteiger charge is -2.20. The molecule has 0 atom stereocenters. The van der Waals surface area contributed by atoms with Crippen molar-refractivity contribution in [3.8, 4) is 0 Å². The normalized spacial score (nSPS) is 16.7. The van der Waals surface area contributed by atoms with E-state index < -0.39 is 0 Å². The molecule has 4 nitrogen and oxygen atoms in total. The van der Waals surface area contributed by atoms with Gasteiger partial charge in [-0.3, -0.25) is 9.69 Å². The highest BCUT2D eigenvalue weighted by atomic mass is 16.3. The van der Waals surface area contributed by atoms with Gasteiger partial charge in [-0.1, -0.05) is 24.3 Å². The molecule has 4 heteroatoms. The zero-order chi connectivity index (χ0) is 15.5. The molecule has 1 aromatic carbocycles. The number of nitrogens with zero attached hydrogens (tertiary/aromatic N) is 2. The fourth-order valence-electron chi connectivity index (χ4n) is 3.06. The van der Waals surface area contributed by atoms with Gasteiger partial charge in [-0.2, -0.15) is 0 Å². The van der Waals surface area contributed by atoms with Gasteiger partial charge in [0.2, 0.25) is 0 Å². The molecule has 1 fully saturated rings. The lowest BCUT2D eigenvalue weighted by Crippen LogP contribution is -2.35. The Morgan fingerprint density at radius 3 is 2.86 bits per heavy atom. The summed E-state index contributed by atoms with van der Waals surface area (Å²) < 4.78 is 5.81. The second-order valence-corrected chi connectivity index (χ2v) is 5.79. The number of carbonyl (C=O) groups is 1. The molecule has 0 unspecified atom stereocenters. The molecular weight excluding hydrogens is 276 g/mol. The van der Waals surface area contributed by atoms with E-state index in [4.69, 9.17) is 4.42 Å². The SMILES string of the molecule is C=CCN1CCCN(C(=O)c2oc3ccccc3c2C)CC1. The quantitative estimate of drug-likeness (QED) is 0.817. The highest BCUT2D eigenvalue weighted by molar-refractivity contribution is 5.98. The van der Waals surface area contributed by atoms with Gasteiger partial charge in [0.25, 0.3) is 5.91 Å². The number of para-hydroxylation sites is 1. The molecule has 0 aliphatic carbocycles. The smallest absolute Gasteiger partial charge is 0.289 e. The Morgan fingerprint density at radius 1 is 1.27 bits per heavy atom. The van der Waals surface area contributed by atoms with E-state index in [2.05, 4.69) is 11.5 Å². The van der Waals surface area contributed by atoms with Crippen molar-refractivity contribution in [3.63, 3.8) is 0 Å². The van der Waals surface area contributed by atoms with E-state index in [9.17, 15) is 4.79 Å². The third kappa shape index (κ3) is 2.79. The number of aryl methyl sites for hydroxylation is 1. The summed E-state index contributed by atoms with van der Waals surface area (Å²) >= 11 is 0. The number of furan rings is 1. The number of amides is 1. The van der Waals surface area contributed by atoms with Crippen LogP contribution in [0.2, 0.25) is 0 Å². The fraction of sp³-hybridized carbons (Fsp3) is 0.389. The summed E-state index contributed by atoms with van der Waals surface area (Å²) in [4.78, 5) is 17.0. The topological polar surface area (TPSA) is 36.7 Å². The Kier molecular flexibility index (Phi) is 4.29. The number of benzene rings is 1. The molecule has 2 aromatic rings. The third-order valence-corrected chi connectivity index (χ3v) is 4.30. The summed E-state index contributed by atoms with van der Waals surface area (Å²) in [5.74, 6) is 0.493. The third-order valence-electron chi connectivity index (χ3n) is 4.30. The van der Waals surface area contributed by atoms with E-state index in [0.717, 1.165) is 55.7 Å². The number of carbonyl (C=O) groups excluding carboxylic acids is 1. The van der Waals surface area contributed by atoms with E-state index in [1.165, 1.54) is 0 Å². The Labute approximate surface area is 131 Å². The maximum Gasteiger partial charge on any atom is 0.289 e. The Bertz CT molecular complexity index is 689. The molecule has 0 radical (unpaired) electrons. The van der Waals surface area contributed by atoms with E-state index >= 15 is 0 Å². The molecule has 1 aliphatic heterocycles. The van der Waals surface area contributed by atoms with E-state index in [1.807, 2.05) is 42.2 Å². The predicted octanol–water partition coefficient (Wildman–Crippen LogP) is 3.08. The van der Waals surface area contributed by atoms with E-state index in [1.54, 1.807) is 0 Å². The second-order valence-electron chi connectivity index (χ2n) is 5.79. The molecular formula is C18H22N2O2. The van der Waals surface area contributed by atoms with Crippen molar-refractivity contribution in [1.29, 1.82) is 0 Å². The van der Waals surface area contributed by atoms with Crippen LogP contribution in [0.5, 0.6) is 0 Å². The molecule has 2 heterocycles. The minimum absolute atomic E-state index is 0.00848. The number of rotatable bonds is 3. The van der Waals surface area contributed by atoms with Gasteiger partial charge in [0, 0.05) is 43.7 Å². The first kappa shape index (κ1) is 14.9. The van der Waals surface area contributed by atoms with Gasteiger partial charge in [-0.15, -0.1) is 6.58 Å². The van der Waals surface area contributed by atoms with Crippen LogP contribution < -0.4 is 0 Å². The summed E-state index contributed by atoms with van der Waals surface area (Å²) in [6, 6.07) is 7.81. The summed E-state index contributed by atoms with van der Waals surface area (Å²) in [6.45, 7) is 10.0. The molecule has 22 heavy (non-hydrogen) atoms. The highest BCUT2D eigenvalue weighted by Crippen LogP contribution is 2.26. The maximum absolute atomic E-state index is 12.8. The molecule has 1 amide bonds. The highest BCUT2D eigenvalue weighted by Gasteiger charge is 2.24. The maximum atomic E-state index is 12.8. The van der Waals surface area contributed by atoms with Gasteiger partial charge < -0.3 is 9.32 Å². The zero-order valence-electron chi connectivity index (χ0n) is 13.0. The summed E-state index contributed by atoms with van der Waals surface area (Å²) in [5.41, 5.74) is 1.72. The zero-order valence-corrected chi connectivity index (χ0v) is 13.0. The number of hydrogen-bond acceptors (Lipinski definition) is 3. The van der Waals surface area contributed by atoms with Crippen LogP contribution in [0.15, 0.2) is 41.3 Å². The minimum Gasteiger partial charge on any atom is -0.451 e. The van der Waals surface area contributed by atoms with Crippen molar-refractivity contribution in [1.82, 2.24) is 9.80 Å². The van der Waals surface area contributed by atoms with E-state index in [0.29, 0.717) is 5.76 Å². The molecule has 3 rings (SSSR count). The van der Waals surface area contributed by atoms with Crippen molar-refractivity contribution in [2.75, 3.05) is 32.7 Å². The fourth-order valence-corrected chi connectivity index (χ4v) is 3.06. The van der Waals surface area contributed by atoms with Crippen LogP contribution in [-0.4, -0.2) is 48.4 Å². The van der Waals surface area contributed by atoms with Crippen LogP contribution in [0.3, 0.4) is 0 Å². The van der Waals surface area contributed by atoms with Crippen molar-refractivity contribution < 1.29 is 9.21 Å².